The quantitative estimate of drug-likeness (QED) is 0.461. The van der Waals surface area contributed by atoms with Crippen LogP contribution in [0.2, 0.25) is 5.02 Å². The molecule has 0 radical (unpaired) electrons. The number of carbonyl (C=O) groups is 1. The van der Waals surface area contributed by atoms with Crippen molar-refractivity contribution in [3.63, 3.8) is 0 Å². The second kappa shape index (κ2) is 8.54. The molecule has 154 valence electrons. The van der Waals surface area contributed by atoms with E-state index in [-0.39, 0.29) is 23.8 Å². The Morgan fingerprint density at radius 2 is 2.17 bits per heavy atom. The maximum absolute atomic E-state index is 13.1. The first-order valence-electron chi connectivity index (χ1n) is 9.57. The van der Waals surface area contributed by atoms with E-state index in [9.17, 15) is 14.9 Å². The average Bonchev–Trinajstić information content (AvgIpc) is 3.41. The summed E-state index contributed by atoms with van der Waals surface area (Å²) in [5.41, 5.74) is -0.550. The van der Waals surface area contributed by atoms with Crippen LogP contribution in [0, 0.1) is 11.3 Å². The summed E-state index contributed by atoms with van der Waals surface area (Å²) in [6.07, 6.45) is 4.72. The fourth-order valence-electron chi connectivity index (χ4n) is 3.66. The van der Waals surface area contributed by atoms with Gasteiger partial charge < -0.3 is 9.73 Å². The third kappa shape index (κ3) is 4.23. The molecule has 0 saturated heterocycles. The maximum Gasteiger partial charge on any atom is 0.262 e. The van der Waals surface area contributed by atoms with Crippen LogP contribution in [0.1, 0.15) is 31.4 Å². The SMILES string of the molecule is N#CC1(NC(=O)CSc2nc3cc(Cl)ccc3c(=O)n2Cc2ccco2)CCCC1. The van der Waals surface area contributed by atoms with Crippen molar-refractivity contribution in [3.8, 4) is 6.07 Å². The second-order valence-corrected chi connectivity index (χ2v) is 8.64. The van der Waals surface area contributed by atoms with E-state index in [2.05, 4.69) is 16.4 Å². The number of hydrogen-bond donors (Lipinski definition) is 1. The Hall–Kier alpha value is -2.76. The Kier molecular flexibility index (Phi) is 5.84. The van der Waals surface area contributed by atoms with Crippen LogP contribution in [0.15, 0.2) is 51.0 Å². The summed E-state index contributed by atoms with van der Waals surface area (Å²) in [6.45, 7) is 0.198. The predicted molar refractivity (Wildman–Crippen MR) is 115 cm³/mol. The molecule has 1 amide bonds. The van der Waals surface area contributed by atoms with Crippen LogP contribution in [0.5, 0.6) is 0 Å². The van der Waals surface area contributed by atoms with Crippen molar-refractivity contribution in [2.75, 3.05) is 5.75 Å². The Balaban J connectivity index is 1.62. The van der Waals surface area contributed by atoms with E-state index in [1.165, 1.54) is 10.8 Å². The Labute approximate surface area is 182 Å². The molecule has 30 heavy (non-hydrogen) atoms. The van der Waals surface area contributed by atoms with E-state index < -0.39 is 5.54 Å². The van der Waals surface area contributed by atoms with Crippen molar-refractivity contribution in [1.29, 1.82) is 5.26 Å². The van der Waals surface area contributed by atoms with Crippen LogP contribution in [0.4, 0.5) is 0 Å². The summed E-state index contributed by atoms with van der Waals surface area (Å²) in [5.74, 6) is 0.390. The number of carbonyl (C=O) groups excluding carboxylic acids is 1. The highest BCUT2D eigenvalue weighted by Crippen LogP contribution is 2.29. The number of furan rings is 1. The molecule has 7 nitrogen and oxygen atoms in total. The lowest BCUT2D eigenvalue weighted by molar-refractivity contribution is -0.119. The number of fused-ring (bicyclic) bond motifs is 1. The van der Waals surface area contributed by atoms with Gasteiger partial charge in [0.1, 0.15) is 11.3 Å². The molecule has 3 aromatic rings. The third-order valence-corrected chi connectivity index (χ3v) is 6.37. The van der Waals surface area contributed by atoms with Crippen LogP contribution in [-0.4, -0.2) is 26.8 Å². The predicted octanol–water partition coefficient (Wildman–Crippen LogP) is 3.74. The van der Waals surface area contributed by atoms with Gasteiger partial charge in [0.2, 0.25) is 5.91 Å². The molecule has 1 aromatic carbocycles. The van der Waals surface area contributed by atoms with E-state index >= 15 is 0 Å². The van der Waals surface area contributed by atoms with Crippen molar-refractivity contribution >= 4 is 40.2 Å². The maximum atomic E-state index is 13.1. The summed E-state index contributed by atoms with van der Waals surface area (Å²) >= 11 is 7.22. The van der Waals surface area contributed by atoms with E-state index in [0.717, 1.165) is 24.6 Å². The molecule has 2 aromatic heterocycles. The van der Waals surface area contributed by atoms with Crippen LogP contribution in [-0.2, 0) is 11.3 Å². The van der Waals surface area contributed by atoms with Gasteiger partial charge in [0.15, 0.2) is 5.16 Å². The number of thioether (sulfide) groups is 1. The molecule has 1 saturated carbocycles. The first-order chi connectivity index (χ1) is 14.5. The standard InChI is InChI=1S/C21H19ClN4O3S/c22-14-5-6-16-17(10-14)24-20(26(19(16)28)11-15-4-3-9-29-15)30-12-18(27)25-21(13-23)7-1-2-8-21/h3-6,9-10H,1-2,7-8,11-12H2,(H,25,27). The van der Waals surface area contributed by atoms with Crippen molar-refractivity contribution < 1.29 is 9.21 Å². The van der Waals surface area contributed by atoms with Gasteiger partial charge >= 0.3 is 0 Å². The Morgan fingerprint density at radius 1 is 1.37 bits per heavy atom. The van der Waals surface area contributed by atoms with Gasteiger partial charge in [0.05, 0.1) is 35.5 Å². The lowest BCUT2D eigenvalue weighted by Crippen LogP contribution is -2.45. The molecule has 1 fully saturated rings. The van der Waals surface area contributed by atoms with Crippen molar-refractivity contribution in [3.05, 3.63) is 57.7 Å². The number of rotatable bonds is 6. The molecular weight excluding hydrogens is 424 g/mol. The fraction of sp³-hybridized carbons (Fsp3) is 0.333. The van der Waals surface area contributed by atoms with Gasteiger partial charge in [-0.25, -0.2) is 4.98 Å². The van der Waals surface area contributed by atoms with Crippen molar-refractivity contribution in [2.24, 2.45) is 0 Å². The van der Waals surface area contributed by atoms with E-state index in [0.29, 0.717) is 39.7 Å². The van der Waals surface area contributed by atoms with Gasteiger partial charge in [-0.1, -0.05) is 23.4 Å². The van der Waals surface area contributed by atoms with Gasteiger partial charge in [0, 0.05) is 5.02 Å². The molecule has 0 bridgehead atoms. The number of nitrogens with one attached hydrogen (secondary N) is 1. The first-order valence-corrected chi connectivity index (χ1v) is 10.9. The van der Waals surface area contributed by atoms with Gasteiger partial charge in [0.25, 0.3) is 5.56 Å². The summed E-state index contributed by atoms with van der Waals surface area (Å²) in [5, 5.41) is 13.6. The zero-order chi connectivity index (χ0) is 21.1. The zero-order valence-electron chi connectivity index (χ0n) is 16.1. The van der Waals surface area contributed by atoms with Crippen LogP contribution in [0.25, 0.3) is 10.9 Å². The number of hydrogen-bond acceptors (Lipinski definition) is 6. The molecule has 0 unspecified atom stereocenters. The molecule has 0 atom stereocenters. The van der Waals surface area contributed by atoms with Crippen molar-refractivity contribution in [1.82, 2.24) is 14.9 Å². The first kappa shape index (κ1) is 20.5. The summed E-state index contributed by atoms with van der Waals surface area (Å²) in [7, 11) is 0. The summed E-state index contributed by atoms with van der Waals surface area (Å²) in [4.78, 5) is 30.2. The zero-order valence-corrected chi connectivity index (χ0v) is 17.6. The summed E-state index contributed by atoms with van der Waals surface area (Å²) < 4.78 is 6.88. The number of nitriles is 1. The van der Waals surface area contributed by atoms with Crippen LogP contribution >= 0.6 is 23.4 Å². The van der Waals surface area contributed by atoms with E-state index in [4.69, 9.17) is 16.0 Å². The van der Waals surface area contributed by atoms with Gasteiger partial charge in [-0.3, -0.25) is 14.2 Å². The monoisotopic (exact) mass is 442 g/mol. The highest BCUT2D eigenvalue weighted by molar-refractivity contribution is 7.99. The molecular formula is C21H19ClN4O3S. The van der Waals surface area contributed by atoms with E-state index in [1.807, 2.05) is 0 Å². The molecule has 0 aliphatic heterocycles. The van der Waals surface area contributed by atoms with Crippen LogP contribution < -0.4 is 10.9 Å². The number of aromatic nitrogens is 2. The minimum atomic E-state index is -0.782. The fourth-order valence-corrected chi connectivity index (χ4v) is 4.62. The largest absolute Gasteiger partial charge is 0.467 e. The molecule has 2 heterocycles. The minimum Gasteiger partial charge on any atom is -0.467 e. The topological polar surface area (TPSA) is 101 Å². The highest BCUT2D eigenvalue weighted by atomic mass is 35.5. The highest BCUT2D eigenvalue weighted by Gasteiger charge is 2.35. The minimum absolute atomic E-state index is 0.0418. The number of halogens is 1. The number of amides is 1. The van der Waals surface area contributed by atoms with Gasteiger partial charge in [-0.15, -0.1) is 0 Å². The Bertz CT molecular complexity index is 1180. The molecule has 4 rings (SSSR count). The van der Waals surface area contributed by atoms with Crippen molar-refractivity contribution in [2.45, 2.75) is 42.9 Å². The smallest absolute Gasteiger partial charge is 0.262 e. The van der Waals surface area contributed by atoms with Gasteiger partial charge in [-0.2, -0.15) is 5.26 Å². The lowest BCUT2D eigenvalue weighted by Gasteiger charge is -2.22. The lowest BCUT2D eigenvalue weighted by atomic mass is 10.0. The number of nitrogens with zero attached hydrogens (tertiary/aromatic N) is 3. The second-order valence-electron chi connectivity index (χ2n) is 7.26. The molecule has 1 N–H and O–H groups in total. The Morgan fingerprint density at radius 3 is 2.87 bits per heavy atom. The molecule has 9 heteroatoms. The van der Waals surface area contributed by atoms with E-state index in [1.54, 1.807) is 30.3 Å². The molecule has 1 aliphatic rings. The normalized spacial score (nSPS) is 15.2. The van der Waals surface area contributed by atoms with Crippen LogP contribution in [0.3, 0.4) is 0 Å². The molecule has 1 aliphatic carbocycles. The molecule has 0 spiro atoms. The summed E-state index contributed by atoms with van der Waals surface area (Å²) in [6, 6.07) is 10.7. The average molecular weight is 443 g/mol. The third-order valence-electron chi connectivity index (χ3n) is 5.16. The van der Waals surface area contributed by atoms with Gasteiger partial charge in [-0.05, 0) is 56.0 Å². The number of benzene rings is 1.